The van der Waals surface area contributed by atoms with E-state index in [4.69, 9.17) is 14.5 Å². The molecule has 0 atom stereocenters. The third-order valence-electron chi connectivity index (χ3n) is 4.84. The average Bonchev–Trinajstić information content (AvgIpc) is 3.36. The van der Waals surface area contributed by atoms with Gasteiger partial charge in [0.15, 0.2) is 17.5 Å². The van der Waals surface area contributed by atoms with Crippen molar-refractivity contribution in [1.82, 2.24) is 25.4 Å². The van der Waals surface area contributed by atoms with Crippen LogP contribution in [0.3, 0.4) is 0 Å². The van der Waals surface area contributed by atoms with Crippen LogP contribution < -0.4 is 20.1 Å². The Labute approximate surface area is 189 Å². The Hall–Kier alpha value is -2.04. The van der Waals surface area contributed by atoms with Gasteiger partial charge in [0.25, 0.3) is 0 Å². The molecular formula is C20H31IN6O2. The van der Waals surface area contributed by atoms with E-state index < -0.39 is 0 Å². The van der Waals surface area contributed by atoms with E-state index in [1.807, 2.05) is 32.2 Å². The third kappa shape index (κ3) is 6.48. The number of nitrogens with one attached hydrogen (secondary N) is 2. The van der Waals surface area contributed by atoms with Crippen LogP contribution in [-0.4, -0.2) is 40.5 Å². The fourth-order valence-corrected chi connectivity index (χ4v) is 3.30. The van der Waals surface area contributed by atoms with Gasteiger partial charge < -0.3 is 20.1 Å². The van der Waals surface area contributed by atoms with Crippen LogP contribution in [0.25, 0.3) is 0 Å². The van der Waals surface area contributed by atoms with E-state index in [-0.39, 0.29) is 30.1 Å². The molecule has 1 aliphatic rings. The first-order valence-electron chi connectivity index (χ1n) is 9.88. The van der Waals surface area contributed by atoms with Crippen LogP contribution in [0.1, 0.15) is 44.0 Å². The maximum Gasteiger partial charge on any atom is 0.191 e. The molecule has 160 valence electrons. The Bertz CT molecular complexity index is 789. The zero-order valence-corrected chi connectivity index (χ0v) is 19.7. The van der Waals surface area contributed by atoms with Crippen molar-refractivity contribution in [2.24, 2.45) is 12.0 Å². The molecule has 8 nitrogen and oxygen atoms in total. The highest BCUT2D eigenvalue weighted by atomic mass is 127. The van der Waals surface area contributed by atoms with Crippen molar-refractivity contribution in [3.8, 4) is 11.5 Å². The minimum absolute atomic E-state index is 0. The molecular weight excluding hydrogens is 483 g/mol. The quantitative estimate of drug-likeness (QED) is 0.320. The van der Waals surface area contributed by atoms with Crippen molar-refractivity contribution in [2.45, 2.75) is 51.8 Å². The van der Waals surface area contributed by atoms with Crippen LogP contribution in [0.15, 0.2) is 29.5 Å². The van der Waals surface area contributed by atoms with E-state index in [9.17, 15) is 0 Å². The van der Waals surface area contributed by atoms with Crippen LogP contribution in [0, 0.1) is 0 Å². The van der Waals surface area contributed by atoms with Gasteiger partial charge >= 0.3 is 0 Å². The molecule has 1 saturated carbocycles. The third-order valence-corrected chi connectivity index (χ3v) is 4.84. The van der Waals surface area contributed by atoms with E-state index >= 15 is 0 Å². The van der Waals surface area contributed by atoms with Gasteiger partial charge in [-0.3, -0.25) is 4.68 Å². The van der Waals surface area contributed by atoms with E-state index in [1.54, 1.807) is 18.1 Å². The molecule has 2 aromatic rings. The monoisotopic (exact) mass is 514 g/mol. The maximum absolute atomic E-state index is 6.30. The minimum Gasteiger partial charge on any atom is -0.493 e. The molecule has 2 N–H and O–H groups in total. The van der Waals surface area contributed by atoms with Gasteiger partial charge in [-0.05, 0) is 38.7 Å². The van der Waals surface area contributed by atoms with Crippen molar-refractivity contribution in [3.63, 3.8) is 0 Å². The topological polar surface area (TPSA) is 85.6 Å². The Morgan fingerprint density at radius 1 is 1.28 bits per heavy atom. The summed E-state index contributed by atoms with van der Waals surface area (Å²) in [5, 5.41) is 10.7. The van der Waals surface area contributed by atoms with E-state index in [1.165, 1.54) is 12.8 Å². The lowest BCUT2D eigenvalue weighted by molar-refractivity contribution is 0.198. The number of rotatable bonds is 8. The summed E-state index contributed by atoms with van der Waals surface area (Å²) in [5.41, 5.74) is 1.02. The summed E-state index contributed by atoms with van der Waals surface area (Å²) >= 11 is 0. The molecule has 9 heteroatoms. The summed E-state index contributed by atoms with van der Waals surface area (Å²) in [6.07, 6.45) is 6.46. The summed E-state index contributed by atoms with van der Waals surface area (Å²) in [7, 11) is 3.55. The number of hydrogen-bond acceptors (Lipinski definition) is 5. The number of halogens is 1. The lowest BCUT2D eigenvalue weighted by atomic mass is 10.1. The maximum atomic E-state index is 6.30. The molecule has 0 amide bonds. The number of para-hydroxylation sites is 1. The minimum atomic E-state index is 0. The summed E-state index contributed by atoms with van der Waals surface area (Å²) in [5.74, 6) is 3.14. The molecule has 3 rings (SSSR count). The number of hydrogen-bond donors (Lipinski definition) is 2. The number of benzene rings is 1. The highest BCUT2D eigenvalue weighted by molar-refractivity contribution is 14.0. The number of aromatic nitrogens is 3. The normalized spacial score (nSPS) is 14.4. The Balaban J connectivity index is 0.00000300. The molecule has 0 spiro atoms. The lowest BCUT2D eigenvalue weighted by Crippen LogP contribution is -2.37. The van der Waals surface area contributed by atoms with Gasteiger partial charge in [0.2, 0.25) is 0 Å². The Morgan fingerprint density at radius 3 is 2.72 bits per heavy atom. The van der Waals surface area contributed by atoms with Crippen molar-refractivity contribution < 1.29 is 9.47 Å². The van der Waals surface area contributed by atoms with Crippen LogP contribution in [0.4, 0.5) is 0 Å². The molecule has 0 unspecified atom stereocenters. The molecule has 1 aromatic heterocycles. The van der Waals surface area contributed by atoms with Crippen molar-refractivity contribution in [1.29, 1.82) is 0 Å². The highest BCUT2D eigenvalue weighted by Gasteiger charge is 2.20. The van der Waals surface area contributed by atoms with Gasteiger partial charge in [-0.15, -0.1) is 24.0 Å². The number of aryl methyl sites for hydroxylation is 1. The van der Waals surface area contributed by atoms with Gasteiger partial charge in [-0.2, -0.15) is 5.10 Å². The highest BCUT2D eigenvalue weighted by Crippen LogP contribution is 2.35. The molecule has 0 aliphatic heterocycles. The van der Waals surface area contributed by atoms with Crippen LogP contribution in [-0.2, 0) is 20.1 Å². The zero-order chi connectivity index (χ0) is 19.8. The molecule has 0 saturated heterocycles. The smallest absolute Gasteiger partial charge is 0.191 e. The second-order valence-electron chi connectivity index (χ2n) is 6.82. The fraction of sp³-hybridized carbons (Fsp3) is 0.550. The summed E-state index contributed by atoms with van der Waals surface area (Å²) in [6, 6.07) is 5.96. The standard InChI is InChI=1S/C20H30N6O2.HI/c1-4-21-20(23-13-18-24-14-25-26(18)2)22-12-15-8-7-11-17(27-3)19(15)28-16-9-5-6-10-16;/h7-8,11,14,16H,4-6,9-10,12-13H2,1-3H3,(H2,21,22,23);1H. The number of guanidine groups is 1. The summed E-state index contributed by atoms with van der Waals surface area (Å²) in [6.45, 7) is 3.85. The summed E-state index contributed by atoms with van der Waals surface area (Å²) in [4.78, 5) is 8.96. The van der Waals surface area contributed by atoms with Gasteiger partial charge in [-0.25, -0.2) is 9.98 Å². The van der Waals surface area contributed by atoms with Crippen LogP contribution >= 0.6 is 24.0 Å². The van der Waals surface area contributed by atoms with Crippen molar-refractivity contribution in [2.75, 3.05) is 13.7 Å². The SMILES string of the molecule is CCNC(=NCc1cccc(OC)c1OC1CCCC1)NCc1ncnn1C.I. The average molecular weight is 514 g/mol. The molecule has 29 heavy (non-hydrogen) atoms. The first-order chi connectivity index (χ1) is 13.7. The van der Waals surface area contributed by atoms with E-state index in [0.29, 0.717) is 13.1 Å². The predicted octanol–water partition coefficient (Wildman–Crippen LogP) is 3.02. The number of ether oxygens (including phenoxy) is 2. The molecule has 1 heterocycles. The van der Waals surface area contributed by atoms with E-state index in [2.05, 4.69) is 20.7 Å². The summed E-state index contributed by atoms with van der Waals surface area (Å²) < 4.78 is 13.6. The van der Waals surface area contributed by atoms with Crippen LogP contribution in [0.2, 0.25) is 0 Å². The second kappa shape index (κ2) is 11.8. The lowest BCUT2D eigenvalue weighted by Gasteiger charge is -2.19. The molecule has 1 aliphatic carbocycles. The molecule has 0 radical (unpaired) electrons. The number of aliphatic imine (C=N–C) groups is 1. The Kier molecular flexibility index (Phi) is 9.49. The van der Waals surface area contributed by atoms with Crippen molar-refractivity contribution in [3.05, 3.63) is 35.9 Å². The number of methoxy groups -OCH3 is 1. The van der Waals surface area contributed by atoms with Gasteiger partial charge in [0.05, 0.1) is 26.3 Å². The molecule has 1 fully saturated rings. The first-order valence-corrected chi connectivity index (χ1v) is 9.88. The van der Waals surface area contributed by atoms with Gasteiger partial charge in [-0.1, -0.05) is 12.1 Å². The van der Waals surface area contributed by atoms with Gasteiger partial charge in [0, 0.05) is 19.2 Å². The van der Waals surface area contributed by atoms with E-state index in [0.717, 1.165) is 48.2 Å². The van der Waals surface area contributed by atoms with Crippen LogP contribution in [0.5, 0.6) is 11.5 Å². The fourth-order valence-electron chi connectivity index (χ4n) is 3.30. The Morgan fingerprint density at radius 2 is 2.07 bits per heavy atom. The number of nitrogens with zero attached hydrogens (tertiary/aromatic N) is 4. The zero-order valence-electron chi connectivity index (χ0n) is 17.4. The first kappa shape index (κ1) is 23.2. The largest absolute Gasteiger partial charge is 0.493 e. The molecule has 0 bridgehead atoms. The second-order valence-corrected chi connectivity index (χ2v) is 6.82. The molecule has 1 aromatic carbocycles. The van der Waals surface area contributed by atoms with Crippen molar-refractivity contribution >= 4 is 29.9 Å². The predicted molar refractivity (Wildman–Crippen MR) is 124 cm³/mol. The van der Waals surface area contributed by atoms with Gasteiger partial charge in [0.1, 0.15) is 12.2 Å².